The lowest BCUT2D eigenvalue weighted by atomic mass is 10.1. The van der Waals surface area contributed by atoms with Crippen LogP contribution in [0.1, 0.15) is 12.5 Å². The highest BCUT2D eigenvalue weighted by Crippen LogP contribution is 2.29. The number of aromatic amines is 1. The van der Waals surface area contributed by atoms with E-state index in [0.717, 1.165) is 22.0 Å². The molecule has 0 atom stereocenters. The second-order valence-electron chi connectivity index (χ2n) is 3.36. The molecule has 0 aliphatic carbocycles. The van der Waals surface area contributed by atoms with Gasteiger partial charge >= 0.3 is 0 Å². The van der Waals surface area contributed by atoms with Crippen molar-refractivity contribution in [2.45, 2.75) is 6.92 Å². The van der Waals surface area contributed by atoms with Gasteiger partial charge in [0.05, 0.1) is 0 Å². The lowest BCUT2D eigenvalue weighted by molar-refractivity contribution is 1.46. The Kier molecular flexibility index (Phi) is 2.65. The van der Waals surface area contributed by atoms with E-state index in [2.05, 4.69) is 17.6 Å². The molecule has 2 heteroatoms. The summed E-state index contributed by atoms with van der Waals surface area (Å²) in [5.41, 5.74) is 3.03. The van der Waals surface area contributed by atoms with E-state index in [1.165, 1.54) is 0 Å². The van der Waals surface area contributed by atoms with Crippen molar-refractivity contribution >= 4 is 28.1 Å². The Morgan fingerprint density at radius 2 is 2.13 bits per heavy atom. The van der Waals surface area contributed by atoms with E-state index in [0.29, 0.717) is 5.03 Å². The molecule has 0 saturated heterocycles. The highest BCUT2D eigenvalue weighted by atomic mass is 35.5. The van der Waals surface area contributed by atoms with Gasteiger partial charge in [0, 0.05) is 27.7 Å². The summed E-state index contributed by atoms with van der Waals surface area (Å²) in [5.74, 6) is 0. The van der Waals surface area contributed by atoms with Gasteiger partial charge in [0.25, 0.3) is 0 Å². The van der Waals surface area contributed by atoms with E-state index in [9.17, 15) is 0 Å². The fourth-order valence-corrected chi connectivity index (χ4v) is 1.73. The average Bonchev–Trinajstić information content (AvgIpc) is 2.70. The van der Waals surface area contributed by atoms with Crippen LogP contribution in [0.4, 0.5) is 0 Å². The summed E-state index contributed by atoms with van der Waals surface area (Å²) in [6, 6.07) is 8.11. The SMILES string of the molecule is C=C(/C(Cl)=C\C)c1c[nH]c2ccccc12. The molecule has 1 aromatic carbocycles. The van der Waals surface area contributed by atoms with Crippen LogP contribution in [0.2, 0.25) is 0 Å². The summed E-state index contributed by atoms with van der Waals surface area (Å²) in [7, 11) is 0. The standard InChI is InChI=1S/C13H12ClN/c1-3-12(14)9(2)11-8-15-13-7-5-4-6-10(11)13/h3-8,15H,2H2,1H3/b12-3+. The molecular weight excluding hydrogens is 206 g/mol. The Hall–Kier alpha value is -1.47. The Bertz CT molecular complexity index is 534. The summed E-state index contributed by atoms with van der Waals surface area (Å²) >= 11 is 6.06. The molecule has 0 unspecified atom stereocenters. The molecule has 0 fully saturated rings. The van der Waals surface area contributed by atoms with Gasteiger partial charge in [-0.05, 0) is 18.6 Å². The molecule has 76 valence electrons. The van der Waals surface area contributed by atoms with Crippen LogP contribution in [-0.4, -0.2) is 4.98 Å². The highest BCUT2D eigenvalue weighted by molar-refractivity contribution is 6.37. The first-order chi connectivity index (χ1) is 7.24. The minimum absolute atomic E-state index is 0.694. The van der Waals surface area contributed by atoms with E-state index < -0.39 is 0 Å². The summed E-state index contributed by atoms with van der Waals surface area (Å²) in [6.45, 7) is 5.90. The number of halogens is 1. The number of H-pyrrole nitrogens is 1. The van der Waals surface area contributed by atoms with Crippen LogP contribution in [-0.2, 0) is 0 Å². The molecule has 2 aromatic rings. The minimum atomic E-state index is 0.694. The van der Waals surface area contributed by atoms with Crippen molar-refractivity contribution in [2.75, 3.05) is 0 Å². The number of para-hydroxylation sites is 1. The fraction of sp³-hybridized carbons (Fsp3) is 0.0769. The van der Waals surface area contributed by atoms with Gasteiger partial charge in [0.1, 0.15) is 0 Å². The fourth-order valence-electron chi connectivity index (χ4n) is 1.62. The third kappa shape index (κ3) is 1.71. The van der Waals surface area contributed by atoms with E-state index >= 15 is 0 Å². The Balaban J connectivity index is 2.58. The first-order valence-electron chi connectivity index (χ1n) is 4.81. The maximum atomic E-state index is 6.06. The van der Waals surface area contributed by atoms with Crippen molar-refractivity contribution in [1.29, 1.82) is 0 Å². The van der Waals surface area contributed by atoms with Crippen molar-refractivity contribution in [1.82, 2.24) is 4.98 Å². The van der Waals surface area contributed by atoms with Crippen LogP contribution in [0.3, 0.4) is 0 Å². The van der Waals surface area contributed by atoms with Gasteiger partial charge in [-0.25, -0.2) is 0 Å². The number of nitrogens with one attached hydrogen (secondary N) is 1. The van der Waals surface area contributed by atoms with Crippen molar-refractivity contribution in [3.05, 3.63) is 53.7 Å². The molecule has 1 heterocycles. The number of fused-ring (bicyclic) bond motifs is 1. The van der Waals surface area contributed by atoms with Crippen LogP contribution in [0.25, 0.3) is 16.5 Å². The molecular formula is C13H12ClN. The smallest absolute Gasteiger partial charge is 0.0460 e. The quantitative estimate of drug-likeness (QED) is 0.721. The van der Waals surface area contributed by atoms with Crippen LogP contribution >= 0.6 is 11.6 Å². The molecule has 0 saturated carbocycles. The van der Waals surface area contributed by atoms with Gasteiger partial charge < -0.3 is 4.98 Å². The van der Waals surface area contributed by atoms with Crippen LogP contribution in [0.5, 0.6) is 0 Å². The predicted octanol–water partition coefficient (Wildman–Crippen LogP) is 4.32. The average molecular weight is 218 g/mol. The number of hydrogen-bond donors (Lipinski definition) is 1. The van der Waals surface area contributed by atoms with E-state index in [1.807, 2.05) is 37.4 Å². The molecule has 1 N–H and O–H groups in total. The Morgan fingerprint density at radius 1 is 1.40 bits per heavy atom. The second kappa shape index (κ2) is 3.95. The van der Waals surface area contributed by atoms with E-state index in [1.54, 1.807) is 0 Å². The lowest BCUT2D eigenvalue weighted by Crippen LogP contribution is -1.79. The van der Waals surface area contributed by atoms with Crippen molar-refractivity contribution in [2.24, 2.45) is 0 Å². The van der Waals surface area contributed by atoms with Gasteiger partial charge in [-0.15, -0.1) is 0 Å². The molecule has 0 radical (unpaired) electrons. The first kappa shape index (κ1) is 10.1. The summed E-state index contributed by atoms with van der Waals surface area (Å²) < 4.78 is 0. The predicted molar refractivity (Wildman–Crippen MR) is 66.9 cm³/mol. The van der Waals surface area contributed by atoms with Crippen LogP contribution < -0.4 is 0 Å². The van der Waals surface area contributed by atoms with Crippen molar-refractivity contribution in [3.8, 4) is 0 Å². The maximum Gasteiger partial charge on any atom is 0.0460 e. The Morgan fingerprint density at radius 3 is 2.87 bits per heavy atom. The molecule has 15 heavy (non-hydrogen) atoms. The van der Waals surface area contributed by atoms with Crippen LogP contribution in [0.15, 0.2) is 48.1 Å². The number of hydrogen-bond acceptors (Lipinski definition) is 0. The third-order valence-corrected chi connectivity index (χ3v) is 2.90. The summed E-state index contributed by atoms with van der Waals surface area (Å²) in [4.78, 5) is 3.20. The second-order valence-corrected chi connectivity index (χ2v) is 3.77. The molecule has 1 aromatic heterocycles. The van der Waals surface area contributed by atoms with Gasteiger partial charge in [-0.1, -0.05) is 42.5 Å². The summed E-state index contributed by atoms with van der Waals surface area (Å²) in [5, 5.41) is 1.85. The van der Waals surface area contributed by atoms with Crippen molar-refractivity contribution in [3.63, 3.8) is 0 Å². The zero-order valence-electron chi connectivity index (χ0n) is 8.55. The topological polar surface area (TPSA) is 15.8 Å². The number of rotatable bonds is 2. The molecule has 0 amide bonds. The normalized spacial score (nSPS) is 12.0. The molecule has 0 aliphatic rings. The molecule has 0 bridgehead atoms. The first-order valence-corrected chi connectivity index (χ1v) is 5.19. The number of allylic oxidation sites excluding steroid dienone is 3. The molecule has 1 nitrogen and oxygen atoms in total. The Labute approximate surface area is 94.1 Å². The maximum absolute atomic E-state index is 6.06. The van der Waals surface area contributed by atoms with Gasteiger partial charge in [0.15, 0.2) is 0 Å². The van der Waals surface area contributed by atoms with Gasteiger partial charge in [-0.3, -0.25) is 0 Å². The summed E-state index contributed by atoms with van der Waals surface area (Å²) in [6.07, 6.45) is 3.80. The zero-order chi connectivity index (χ0) is 10.8. The molecule has 0 spiro atoms. The third-order valence-electron chi connectivity index (χ3n) is 2.46. The molecule has 2 rings (SSSR count). The molecule has 0 aliphatic heterocycles. The van der Waals surface area contributed by atoms with Crippen molar-refractivity contribution < 1.29 is 0 Å². The zero-order valence-corrected chi connectivity index (χ0v) is 9.31. The monoisotopic (exact) mass is 217 g/mol. The van der Waals surface area contributed by atoms with Gasteiger partial charge in [-0.2, -0.15) is 0 Å². The largest absolute Gasteiger partial charge is 0.361 e. The minimum Gasteiger partial charge on any atom is -0.361 e. The lowest BCUT2D eigenvalue weighted by Gasteiger charge is -2.01. The van der Waals surface area contributed by atoms with E-state index in [4.69, 9.17) is 11.6 Å². The number of benzene rings is 1. The van der Waals surface area contributed by atoms with Crippen LogP contribution in [0, 0.1) is 0 Å². The number of aromatic nitrogens is 1. The highest BCUT2D eigenvalue weighted by Gasteiger charge is 2.07. The van der Waals surface area contributed by atoms with Gasteiger partial charge in [0.2, 0.25) is 0 Å². The van der Waals surface area contributed by atoms with E-state index in [-0.39, 0.29) is 0 Å².